The molecule has 7 heteroatoms. The fourth-order valence-electron chi connectivity index (χ4n) is 4.61. The number of carbonyl (C=O) groups is 1. The second kappa shape index (κ2) is 10.6. The van der Waals surface area contributed by atoms with Crippen molar-refractivity contribution in [2.75, 3.05) is 46.1 Å². The average Bonchev–Trinajstić information content (AvgIpc) is 3.57. The molecule has 5 rings (SSSR count). The molecule has 6 nitrogen and oxygen atoms in total. The lowest BCUT2D eigenvalue weighted by molar-refractivity contribution is 0.00167. The summed E-state index contributed by atoms with van der Waals surface area (Å²) in [5.41, 5.74) is 2.71. The van der Waals surface area contributed by atoms with Crippen LogP contribution in [0.25, 0.3) is 21.8 Å². The maximum atomic E-state index is 13.5. The van der Waals surface area contributed by atoms with Crippen molar-refractivity contribution in [1.29, 1.82) is 0 Å². The monoisotopic (exact) mass is 463 g/mol. The molecule has 2 unspecified atom stereocenters. The van der Waals surface area contributed by atoms with Gasteiger partial charge in [0.1, 0.15) is 9.88 Å². The first-order chi connectivity index (χ1) is 16.3. The van der Waals surface area contributed by atoms with Gasteiger partial charge in [-0.3, -0.25) is 9.69 Å². The number of amides is 1. The van der Waals surface area contributed by atoms with Gasteiger partial charge in [0.05, 0.1) is 25.5 Å². The van der Waals surface area contributed by atoms with Crippen LogP contribution in [0.2, 0.25) is 0 Å². The van der Waals surface area contributed by atoms with Crippen LogP contribution >= 0.6 is 11.3 Å². The minimum Gasteiger partial charge on any atom is -0.381 e. The van der Waals surface area contributed by atoms with E-state index in [2.05, 4.69) is 10.2 Å². The van der Waals surface area contributed by atoms with Gasteiger partial charge < -0.3 is 14.8 Å². The Bertz CT molecular complexity index is 1050. The molecule has 33 heavy (non-hydrogen) atoms. The number of hydrogen-bond donors (Lipinski definition) is 1. The second-order valence-corrected chi connectivity index (χ2v) is 9.48. The lowest BCUT2D eigenvalue weighted by Crippen LogP contribution is -2.52. The van der Waals surface area contributed by atoms with E-state index in [1.54, 1.807) is 0 Å². The van der Waals surface area contributed by atoms with E-state index in [0.717, 1.165) is 67.8 Å². The highest BCUT2D eigenvalue weighted by Gasteiger charge is 2.32. The molecule has 2 atom stereocenters. The molecule has 2 aliphatic rings. The Morgan fingerprint density at radius 2 is 1.70 bits per heavy atom. The lowest BCUT2D eigenvalue weighted by atomic mass is 9.97. The van der Waals surface area contributed by atoms with Crippen molar-refractivity contribution in [3.05, 3.63) is 65.5 Å². The molecule has 0 saturated carbocycles. The van der Waals surface area contributed by atoms with Gasteiger partial charge in [-0.05, 0) is 6.42 Å². The minimum atomic E-state index is -0.0642. The van der Waals surface area contributed by atoms with Crippen molar-refractivity contribution < 1.29 is 14.3 Å². The largest absolute Gasteiger partial charge is 0.381 e. The van der Waals surface area contributed by atoms with Crippen molar-refractivity contribution in [3.8, 4) is 21.8 Å². The predicted octanol–water partition coefficient (Wildman–Crippen LogP) is 3.94. The minimum absolute atomic E-state index is 0.0642. The molecule has 3 heterocycles. The fourth-order valence-corrected chi connectivity index (χ4v) is 5.62. The van der Waals surface area contributed by atoms with Crippen LogP contribution in [0.5, 0.6) is 0 Å². The molecule has 1 amide bonds. The van der Waals surface area contributed by atoms with E-state index < -0.39 is 0 Å². The summed E-state index contributed by atoms with van der Waals surface area (Å²) in [7, 11) is 0. The third-order valence-corrected chi connectivity index (χ3v) is 7.50. The number of aromatic nitrogens is 1. The second-order valence-electron chi connectivity index (χ2n) is 8.48. The molecule has 2 saturated heterocycles. The Balaban J connectivity index is 1.39. The third kappa shape index (κ3) is 5.17. The van der Waals surface area contributed by atoms with Crippen LogP contribution in [0.1, 0.15) is 16.1 Å². The van der Waals surface area contributed by atoms with Gasteiger partial charge in [0.2, 0.25) is 0 Å². The van der Waals surface area contributed by atoms with Crippen LogP contribution in [0.4, 0.5) is 0 Å². The zero-order chi connectivity index (χ0) is 22.5. The van der Waals surface area contributed by atoms with E-state index in [0.29, 0.717) is 17.3 Å². The average molecular weight is 464 g/mol. The molecule has 0 spiro atoms. The highest BCUT2D eigenvalue weighted by atomic mass is 32.1. The highest BCUT2D eigenvalue weighted by Crippen LogP contribution is 2.34. The topological polar surface area (TPSA) is 63.7 Å². The van der Waals surface area contributed by atoms with Crippen molar-refractivity contribution in [2.45, 2.75) is 12.5 Å². The number of benzene rings is 2. The summed E-state index contributed by atoms with van der Waals surface area (Å²) in [5.74, 6) is 0.365. The molecule has 3 aromatic rings. The molecule has 0 bridgehead atoms. The van der Waals surface area contributed by atoms with E-state index in [1.165, 1.54) is 11.3 Å². The van der Waals surface area contributed by atoms with Crippen LogP contribution in [0, 0.1) is 5.92 Å². The SMILES string of the molecule is O=C(NCC(C1CCOC1)N1CCOCC1)c1sc(-c2ccccc2)nc1-c1ccccc1. The lowest BCUT2D eigenvalue weighted by Gasteiger charge is -2.37. The number of ether oxygens (including phenoxy) is 2. The Morgan fingerprint density at radius 3 is 2.36 bits per heavy atom. The van der Waals surface area contributed by atoms with Crippen molar-refractivity contribution in [2.24, 2.45) is 5.92 Å². The molecule has 0 radical (unpaired) electrons. The maximum Gasteiger partial charge on any atom is 0.263 e. The molecule has 2 fully saturated rings. The summed E-state index contributed by atoms with van der Waals surface area (Å²) in [6.07, 6.45) is 1.03. The first-order valence-corrected chi connectivity index (χ1v) is 12.4. The Hall–Kier alpha value is -2.58. The van der Waals surface area contributed by atoms with Gasteiger partial charge in [-0.2, -0.15) is 0 Å². The van der Waals surface area contributed by atoms with Crippen molar-refractivity contribution >= 4 is 17.2 Å². The van der Waals surface area contributed by atoms with Gasteiger partial charge in [0, 0.05) is 49.3 Å². The van der Waals surface area contributed by atoms with E-state index in [-0.39, 0.29) is 11.9 Å². The third-order valence-electron chi connectivity index (χ3n) is 6.40. The van der Waals surface area contributed by atoms with Gasteiger partial charge in [-0.25, -0.2) is 4.98 Å². The van der Waals surface area contributed by atoms with Crippen LogP contribution in [-0.2, 0) is 9.47 Å². The first kappa shape index (κ1) is 22.2. The Morgan fingerprint density at radius 1 is 1.00 bits per heavy atom. The molecule has 2 aliphatic heterocycles. The molecule has 2 aromatic carbocycles. The number of carbonyl (C=O) groups excluding carboxylic acids is 1. The summed E-state index contributed by atoms with van der Waals surface area (Å²) in [4.78, 5) is 21.5. The smallest absolute Gasteiger partial charge is 0.263 e. The maximum absolute atomic E-state index is 13.5. The number of morpholine rings is 1. The fraction of sp³-hybridized carbons (Fsp3) is 0.385. The standard InChI is InChI=1S/C26H29N3O3S/c30-25(27-17-22(21-11-14-32-18-21)29-12-15-31-16-13-29)24-23(19-7-3-1-4-8-19)28-26(33-24)20-9-5-2-6-10-20/h1-10,21-22H,11-18H2,(H,27,30). The summed E-state index contributed by atoms with van der Waals surface area (Å²) in [6.45, 7) is 5.42. The molecule has 172 valence electrons. The van der Waals surface area contributed by atoms with Gasteiger partial charge in [-0.1, -0.05) is 60.7 Å². The van der Waals surface area contributed by atoms with Crippen LogP contribution in [0.3, 0.4) is 0 Å². The van der Waals surface area contributed by atoms with E-state index in [4.69, 9.17) is 14.5 Å². The van der Waals surface area contributed by atoms with Crippen LogP contribution < -0.4 is 5.32 Å². The van der Waals surface area contributed by atoms with Crippen molar-refractivity contribution in [3.63, 3.8) is 0 Å². The van der Waals surface area contributed by atoms with Gasteiger partial charge in [0.15, 0.2) is 0 Å². The number of rotatable bonds is 7. The zero-order valence-corrected chi connectivity index (χ0v) is 19.4. The van der Waals surface area contributed by atoms with Gasteiger partial charge in [0.25, 0.3) is 5.91 Å². The molecule has 0 aliphatic carbocycles. The summed E-state index contributed by atoms with van der Waals surface area (Å²) >= 11 is 1.45. The number of nitrogens with zero attached hydrogens (tertiary/aromatic N) is 2. The molecule has 1 N–H and O–H groups in total. The molecular formula is C26H29N3O3S. The summed E-state index contributed by atoms with van der Waals surface area (Å²) in [5, 5.41) is 4.10. The number of nitrogens with one attached hydrogen (secondary N) is 1. The van der Waals surface area contributed by atoms with Gasteiger partial charge in [-0.15, -0.1) is 11.3 Å². The highest BCUT2D eigenvalue weighted by molar-refractivity contribution is 7.17. The number of hydrogen-bond acceptors (Lipinski definition) is 6. The quantitative estimate of drug-likeness (QED) is 0.575. The summed E-state index contributed by atoms with van der Waals surface area (Å²) in [6, 6.07) is 20.2. The van der Waals surface area contributed by atoms with Crippen LogP contribution in [0.15, 0.2) is 60.7 Å². The van der Waals surface area contributed by atoms with E-state index in [9.17, 15) is 4.79 Å². The number of thiazole rings is 1. The normalized spacial score (nSPS) is 19.9. The van der Waals surface area contributed by atoms with E-state index in [1.807, 2.05) is 60.7 Å². The molecular weight excluding hydrogens is 434 g/mol. The van der Waals surface area contributed by atoms with Gasteiger partial charge >= 0.3 is 0 Å². The van der Waals surface area contributed by atoms with Crippen molar-refractivity contribution in [1.82, 2.24) is 15.2 Å². The zero-order valence-electron chi connectivity index (χ0n) is 18.6. The predicted molar refractivity (Wildman–Crippen MR) is 130 cm³/mol. The van der Waals surface area contributed by atoms with E-state index >= 15 is 0 Å². The Kier molecular flexibility index (Phi) is 7.12. The summed E-state index contributed by atoms with van der Waals surface area (Å²) < 4.78 is 11.2. The first-order valence-electron chi connectivity index (χ1n) is 11.6. The molecule has 1 aromatic heterocycles. The Labute approximate surface area is 198 Å². The van der Waals surface area contributed by atoms with Crippen LogP contribution in [-0.4, -0.2) is 67.9 Å².